The van der Waals surface area contributed by atoms with E-state index in [-0.39, 0.29) is 0 Å². The van der Waals surface area contributed by atoms with Crippen LogP contribution in [0.2, 0.25) is 0 Å². The molecule has 0 aliphatic carbocycles. The highest BCUT2D eigenvalue weighted by Crippen LogP contribution is 2.19. The minimum Gasteiger partial charge on any atom is -0.497 e. The summed E-state index contributed by atoms with van der Waals surface area (Å²) < 4.78 is 12.1. The Balaban J connectivity index is 1.55. The minimum absolute atomic E-state index is 0.389. The lowest BCUT2D eigenvalue weighted by molar-refractivity contribution is 0.306. The molecule has 0 fully saturated rings. The average molecular weight is 470 g/mol. The highest BCUT2D eigenvalue weighted by atomic mass is 79.9. The van der Waals surface area contributed by atoms with Crippen molar-refractivity contribution in [1.82, 2.24) is 5.43 Å². The molecule has 0 saturated heterocycles. The van der Waals surface area contributed by atoms with Crippen molar-refractivity contribution in [2.24, 2.45) is 5.10 Å². The van der Waals surface area contributed by atoms with Crippen LogP contribution in [0, 0.1) is 0 Å². The number of methoxy groups -OCH3 is 1. The summed E-state index contributed by atoms with van der Waals surface area (Å²) in [6.45, 7) is 0.475. The summed E-state index contributed by atoms with van der Waals surface area (Å²) in [5, 5.41) is 7.66. The minimum atomic E-state index is 0.389. The second kappa shape index (κ2) is 10.6. The summed E-state index contributed by atoms with van der Waals surface area (Å²) in [6, 6.07) is 23.2. The highest BCUT2D eigenvalue weighted by Gasteiger charge is 2.02. The number of ether oxygens (including phenoxy) is 2. The summed E-state index contributed by atoms with van der Waals surface area (Å²) >= 11 is 8.70. The molecule has 0 amide bonds. The van der Waals surface area contributed by atoms with Crippen molar-refractivity contribution >= 4 is 45.2 Å². The number of hydrazone groups is 1. The number of halogens is 1. The third-order valence-corrected chi connectivity index (χ3v) is 4.67. The van der Waals surface area contributed by atoms with Gasteiger partial charge >= 0.3 is 0 Å². The molecule has 0 aliphatic heterocycles. The SMILES string of the molecule is COc1ccc(NC(=S)N/N=C\c2ccccc2OCc2ccc(Br)cc2)cc1. The van der Waals surface area contributed by atoms with Crippen LogP contribution in [0.5, 0.6) is 11.5 Å². The van der Waals surface area contributed by atoms with E-state index in [4.69, 9.17) is 21.7 Å². The van der Waals surface area contributed by atoms with Gasteiger partial charge in [0.25, 0.3) is 0 Å². The zero-order valence-electron chi connectivity index (χ0n) is 15.8. The van der Waals surface area contributed by atoms with Gasteiger partial charge in [-0.05, 0) is 66.3 Å². The number of thiocarbonyl (C=S) groups is 1. The fraction of sp³-hybridized carbons (Fsp3) is 0.0909. The maximum Gasteiger partial charge on any atom is 0.191 e. The van der Waals surface area contributed by atoms with Gasteiger partial charge in [0.2, 0.25) is 0 Å². The third kappa shape index (κ3) is 6.58. The second-order valence-corrected chi connectivity index (χ2v) is 7.33. The first-order chi connectivity index (χ1) is 14.1. The van der Waals surface area contributed by atoms with Gasteiger partial charge in [-0.15, -0.1) is 0 Å². The van der Waals surface area contributed by atoms with Crippen molar-refractivity contribution < 1.29 is 9.47 Å². The molecule has 0 bridgehead atoms. The Bertz CT molecular complexity index is 976. The molecule has 2 N–H and O–H groups in total. The molecule has 0 spiro atoms. The summed E-state index contributed by atoms with van der Waals surface area (Å²) in [5.74, 6) is 1.53. The van der Waals surface area contributed by atoms with Gasteiger partial charge in [-0.2, -0.15) is 5.10 Å². The van der Waals surface area contributed by atoms with Gasteiger partial charge in [0.1, 0.15) is 18.1 Å². The Kier molecular flexibility index (Phi) is 7.61. The van der Waals surface area contributed by atoms with Crippen LogP contribution in [-0.4, -0.2) is 18.4 Å². The summed E-state index contributed by atoms with van der Waals surface area (Å²) in [5.41, 5.74) is 5.59. The number of nitrogens with one attached hydrogen (secondary N) is 2. The van der Waals surface area contributed by atoms with Crippen molar-refractivity contribution in [3.63, 3.8) is 0 Å². The zero-order valence-corrected chi connectivity index (χ0v) is 18.2. The van der Waals surface area contributed by atoms with Gasteiger partial charge in [0.15, 0.2) is 5.11 Å². The van der Waals surface area contributed by atoms with Crippen molar-refractivity contribution in [1.29, 1.82) is 0 Å². The lowest BCUT2D eigenvalue weighted by Gasteiger charge is -2.10. The predicted octanol–water partition coefficient (Wildman–Crippen LogP) is 5.36. The van der Waals surface area contributed by atoms with Gasteiger partial charge in [-0.1, -0.05) is 40.2 Å². The quantitative estimate of drug-likeness (QED) is 0.277. The fourth-order valence-electron chi connectivity index (χ4n) is 2.45. The molecule has 0 unspecified atom stereocenters. The van der Waals surface area contributed by atoms with Gasteiger partial charge in [0.05, 0.1) is 13.3 Å². The Morgan fingerprint density at radius 1 is 1.03 bits per heavy atom. The number of para-hydroxylation sites is 1. The lowest BCUT2D eigenvalue weighted by Crippen LogP contribution is -2.23. The van der Waals surface area contributed by atoms with E-state index in [1.54, 1.807) is 13.3 Å². The van der Waals surface area contributed by atoms with E-state index < -0.39 is 0 Å². The van der Waals surface area contributed by atoms with Crippen molar-refractivity contribution in [3.05, 3.63) is 88.4 Å². The standard InChI is InChI=1S/C22H20BrN3O2S/c1-27-20-12-10-19(11-13-20)25-22(29)26-24-14-17-4-2-3-5-21(17)28-15-16-6-8-18(23)9-7-16/h2-14H,15H2,1H3,(H2,25,26,29)/b24-14-. The fourth-order valence-corrected chi connectivity index (χ4v) is 2.89. The molecule has 5 nitrogen and oxygen atoms in total. The normalized spacial score (nSPS) is 10.6. The third-order valence-electron chi connectivity index (χ3n) is 3.94. The predicted molar refractivity (Wildman–Crippen MR) is 125 cm³/mol. The van der Waals surface area contributed by atoms with Gasteiger partial charge in [-0.25, -0.2) is 0 Å². The zero-order chi connectivity index (χ0) is 20.5. The first kappa shape index (κ1) is 20.8. The van der Waals surface area contributed by atoms with Crippen molar-refractivity contribution in [2.75, 3.05) is 12.4 Å². The molecule has 7 heteroatoms. The van der Waals surface area contributed by atoms with Crippen LogP contribution in [0.25, 0.3) is 0 Å². The highest BCUT2D eigenvalue weighted by molar-refractivity contribution is 9.10. The van der Waals surface area contributed by atoms with E-state index in [0.717, 1.165) is 32.8 Å². The Labute approximate surface area is 183 Å². The van der Waals surface area contributed by atoms with E-state index >= 15 is 0 Å². The molecule has 0 heterocycles. The number of benzene rings is 3. The molecule has 0 atom stereocenters. The summed E-state index contributed by atoms with van der Waals surface area (Å²) in [6.07, 6.45) is 1.68. The molecular weight excluding hydrogens is 450 g/mol. The molecule has 0 aromatic heterocycles. The molecule has 29 heavy (non-hydrogen) atoms. The van der Waals surface area contributed by atoms with Crippen LogP contribution in [0.15, 0.2) is 82.4 Å². The molecule has 0 saturated carbocycles. The molecule has 3 aromatic carbocycles. The second-order valence-electron chi connectivity index (χ2n) is 6.01. The average Bonchev–Trinajstić information content (AvgIpc) is 2.75. The van der Waals surface area contributed by atoms with E-state index in [1.807, 2.05) is 72.8 Å². The van der Waals surface area contributed by atoms with E-state index in [9.17, 15) is 0 Å². The summed E-state index contributed by atoms with van der Waals surface area (Å²) in [4.78, 5) is 0. The Hall–Kier alpha value is -2.90. The van der Waals surface area contributed by atoms with Crippen LogP contribution >= 0.6 is 28.1 Å². The van der Waals surface area contributed by atoms with Crippen LogP contribution in [0.4, 0.5) is 5.69 Å². The topological polar surface area (TPSA) is 54.9 Å². The molecule has 3 aromatic rings. The molecule has 3 rings (SSSR count). The smallest absolute Gasteiger partial charge is 0.191 e. The van der Waals surface area contributed by atoms with Gasteiger partial charge < -0.3 is 14.8 Å². The number of hydrogen-bond acceptors (Lipinski definition) is 4. The maximum absolute atomic E-state index is 5.94. The lowest BCUT2D eigenvalue weighted by atomic mass is 10.2. The van der Waals surface area contributed by atoms with Crippen LogP contribution < -0.4 is 20.2 Å². The molecule has 148 valence electrons. The number of rotatable bonds is 7. The van der Waals surface area contributed by atoms with Gasteiger partial charge in [0, 0.05) is 15.7 Å². The largest absolute Gasteiger partial charge is 0.497 e. The van der Waals surface area contributed by atoms with Gasteiger partial charge in [-0.3, -0.25) is 5.43 Å². The van der Waals surface area contributed by atoms with Crippen molar-refractivity contribution in [3.8, 4) is 11.5 Å². The number of anilines is 1. The Morgan fingerprint density at radius 2 is 1.76 bits per heavy atom. The van der Waals surface area contributed by atoms with E-state index in [2.05, 4.69) is 31.8 Å². The van der Waals surface area contributed by atoms with E-state index in [0.29, 0.717) is 11.7 Å². The molecular formula is C22H20BrN3O2S. The summed E-state index contributed by atoms with van der Waals surface area (Å²) in [7, 11) is 1.63. The van der Waals surface area contributed by atoms with Crippen LogP contribution in [0.3, 0.4) is 0 Å². The first-order valence-electron chi connectivity index (χ1n) is 8.84. The van der Waals surface area contributed by atoms with Crippen LogP contribution in [-0.2, 0) is 6.61 Å². The number of hydrogen-bond donors (Lipinski definition) is 2. The Morgan fingerprint density at radius 3 is 2.48 bits per heavy atom. The first-order valence-corrected chi connectivity index (χ1v) is 10.0. The number of nitrogens with zero attached hydrogens (tertiary/aromatic N) is 1. The maximum atomic E-state index is 5.94. The van der Waals surface area contributed by atoms with E-state index in [1.165, 1.54) is 0 Å². The van der Waals surface area contributed by atoms with Crippen molar-refractivity contribution in [2.45, 2.75) is 6.61 Å². The van der Waals surface area contributed by atoms with Crippen LogP contribution in [0.1, 0.15) is 11.1 Å². The monoisotopic (exact) mass is 469 g/mol. The molecule has 0 aliphatic rings. The molecule has 0 radical (unpaired) electrons.